The summed E-state index contributed by atoms with van der Waals surface area (Å²) in [6.07, 6.45) is 0.744. The van der Waals surface area contributed by atoms with E-state index in [4.69, 9.17) is 5.73 Å². The van der Waals surface area contributed by atoms with Crippen LogP contribution in [0.25, 0.3) is 0 Å². The van der Waals surface area contributed by atoms with Crippen LogP contribution in [0.2, 0.25) is 0 Å². The lowest BCUT2D eigenvalue weighted by atomic mass is 10.1. The molecule has 15 heavy (non-hydrogen) atoms. The lowest BCUT2D eigenvalue weighted by Gasteiger charge is -2.02. The molecule has 0 bridgehead atoms. The van der Waals surface area contributed by atoms with Gasteiger partial charge < -0.3 is 5.73 Å². The molecule has 0 radical (unpaired) electrons. The summed E-state index contributed by atoms with van der Waals surface area (Å²) in [5.74, 6) is 0.853. The number of hydrogen-bond acceptors (Lipinski definition) is 4. The molecule has 0 aliphatic carbocycles. The van der Waals surface area contributed by atoms with Crippen molar-refractivity contribution < 1.29 is 0 Å². The van der Waals surface area contributed by atoms with Gasteiger partial charge in [0.2, 0.25) is 0 Å². The zero-order chi connectivity index (χ0) is 10.5. The van der Waals surface area contributed by atoms with Gasteiger partial charge in [0.25, 0.3) is 0 Å². The second kappa shape index (κ2) is 4.65. The Kier molecular flexibility index (Phi) is 3.04. The first-order valence-electron chi connectivity index (χ1n) is 4.89. The maximum atomic E-state index is 5.47. The number of aromatic nitrogens is 4. The average Bonchev–Trinajstić information content (AvgIpc) is 2.68. The molecule has 0 aliphatic rings. The van der Waals surface area contributed by atoms with Crippen LogP contribution in [0.5, 0.6) is 0 Å². The third-order valence-corrected chi connectivity index (χ3v) is 2.15. The summed E-state index contributed by atoms with van der Waals surface area (Å²) in [5, 5.41) is 11.5. The van der Waals surface area contributed by atoms with E-state index in [0.29, 0.717) is 13.1 Å². The average molecular weight is 203 g/mol. The Morgan fingerprint density at radius 1 is 1.20 bits per heavy atom. The van der Waals surface area contributed by atoms with Crippen molar-refractivity contribution in [3.8, 4) is 0 Å². The Morgan fingerprint density at radius 2 is 2.00 bits per heavy atom. The van der Waals surface area contributed by atoms with Gasteiger partial charge in [0.15, 0.2) is 5.82 Å². The molecule has 1 aromatic carbocycles. The predicted molar refractivity (Wildman–Crippen MR) is 56.1 cm³/mol. The SMILES string of the molecule is NCCn1nnnc1Cc1ccccc1. The molecule has 0 spiro atoms. The minimum Gasteiger partial charge on any atom is -0.329 e. The van der Waals surface area contributed by atoms with Crippen LogP contribution in [0.1, 0.15) is 11.4 Å². The quantitative estimate of drug-likeness (QED) is 0.771. The number of tetrazole rings is 1. The fourth-order valence-corrected chi connectivity index (χ4v) is 1.42. The summed E-state index contributed by atoms with van der Waals surface area (Å²) in [6.45, 7) is 1.21. The highest BCUT2D eigenvalue weighted by atomic mass is 15.5. The summed E-state index contributed by atoms with van der Waals surface area (Å²) in [6, 6.07) is 10.1. The van der Waals surface area contributed by atoms with Gasteiger partial charge in [0.1, 0.15) is 0 Å². The van der Waals surface area contributed by atoms with Gasteiger partial charge in [-0.1, -0.05) is 30.3 Å². The molecule has 2 N–H and O–H groups in total. The Labute approximate surface area is 87.9 Å². The normalized spacial score (nSPS) is 10.5. The molecule has 0 fully saturated rings. The van der Waals surface area contributed by atoms with Gasteiger partial charge in [0, 0.05) is 13.0 Å². The molecule has 2 aromatic rings. The van der Waals surface area contributed by atoms with Crippen molar-refractivity contribution in [3.05, 3.63) is 41.7 Å². The molecule has 78 valence electrons. The summed E-state index contributed by atoms with van der Waals surface area (Å²) < 4.78 is 1.74. The van der Waals surface area contributed by atoms with E-state index < -0.39 is 0 Å². The highest BCUT2D eigenvalue weighted by Gasteiger charge is 2.05. The zero-order valence-corrected chi connectivity index (χ0v) is 8.37. The lowest BCUT2D eigenvalue weighted by molar-refractivity contribution is 0.578. The fraction of sp³-hybridized carbons (Fsp3) is 0.300. The van der Waals surface area contributed by atoms with Crippen LogP contribution in [0, 0.1) is 0 Å². The Morgan fingerprint density at radius 3 is 2.73 bits per heavy atom. The molecule has 5 heteroatoms. The largest absolute Gasteiger partial charge is 0.329 e. The number of benzene rings is 1. The molecule has 2 rings (SSSR count). The van der Waals surface area contributed by atoms with Crippen molar-refractivity contribution in [2.75, 3.05) is 6.54 Å². The topological polar surface area (TPSA) is 69.6 Å². The number of hydrogen-bond donors (Lipinski definition) is 1. The van der Waals surface area contributed by atoms with E-state index in [2.05, 4.69) is 27.7 Å². The van der Waals surface area contributed by atoms with Crippen LogP contribution in [0.4, 0.5) is 0 Å². The van der Waals surface area contributed by atoms with E-state index >= 15 is 0 Å². The molecule has 0 aliphatic heterocycles. The maximum Gasteiger partial charge on any atom is 0.155 e. The molecular formula is C10H13N5. The van der Waals surface area contributed by atoms with Crippen molar-refractivity contribution in [2.24, 2.45) is 5.73 Å². The van der Waals surface area contributed by atoms with Crippen LogP contribution in [-0.2, 0) is 13.0 Å². The fourth-order valence-electron chi connectivity index (χ4n) is 1.42. The molecule has 0 amide bonds. The number of nitrogens with zero attached hydrogens (tertiary/aromatic N) is 4. The van der Waals surface area contributed by atoms with Gasteiger partial charge in [-0.3, -0.25) is 0 Å². The lowest BCUT2D eigenvalue weighted by Crippen LogP contribution is -2.14. The van der Waals surface area contributed by atoms with Gasteiger partial charge in [0.05, 0.1) is 6.54 Å². The van der Waals surface area contributed by atoms with Crippen LogP contribution < -0.4 is 5.73 Å². The maximum absolute atomic E-state index is 5.47. The predicted octanol–water partition coefficient (Wildman–Crippen LogP) is 0.223. The smallest absolute Gasteiger partial charge is 0.155 e. The van der Waals surface area contributed by atoms with Gasteiger partial charge in [-0.2, -0.15) is 0 Å². The van der Waals surface area contributed by atoms with Gasteiger partial charge in [-0.05, 0) is 16.0 Å². The molecular weight excluding hydrogens is 190 g/mol. The van der Waals surface area contributed by atoms with Crippen molar-refractivity contribution in [2.45, 2.75) is 13.0 Å². The highest BCUT2D eigenvalue weighted by molar-refractivity contribution is 5.18. The van der Waals surface area contributed by atoms with Crippen LogP contribution in [-0.4, -0.2) is 26.8 Å². The minimum absolute atomic E-state index is 0.548. The summed E-state index contributed by atoms with van der Waals surface area (Å²) in [4.78, 5) is 0. The van der Waals surface area contributed by atoms with E-state index in [1.165, 1.54) is 5.56 Å². The van der Waals surface area contributed by atoms with E-state index in [9.17, 15) is 0 Å². The molecule has 1 aromatic heterocycles. The standard InChI is InChI=1S/C10H13N5/c11-6-7-15-10(12-13-14-15)8-9-4-2-1-3-5-9/h1-5H,6-8,11H2. The second-order valence-electron chi connectivity index (χ2n) is 3.27. The van der Waals surface area contributed by atoms with Gasteiger partial charge >= 0.3 is 0 Å². The van der Waals surface area contributed by atoms with Crippen molar-refractivity contribution in [3.63, 3.8) is 0 Å². The molecule has 0 unspecified atom stereocenters. The molecule has 0 saturated carbocycles. The van der Waals surface area contributed by atoms with E-state index in [1.54, 1.807) is 4.68 Å². The number of nitrogens with two attached hydrogens (primary N) is 1. The zero-order valence-electron chi connectivity index (χ0n) is 8.37. The van der Waals surface area contributed by atoms with Crippen LogP contribution in [0.15, 0.2) is 30.3 Å². The Bertz CT molecular complexity index is 409. The first-order chi connectivity index (χ1) is 7.40. The second-order valence-corrected chi connectivity index (χ2v) is 3.27. The van der Waals surface area contributed by atoms with Crippen LogP contribution >= 0.6 is 0 Å². The Hall–Kier alpha value is -1.75. The summed E-state index contributed by atoms with van der Waals surface area (Å²) in [7, 11) is 0. The number of rotatable bonds is 4. The first-order valence-corrected chi connectivity index (χ1v) is 4.89. The van der Waals surface area contributed by atoms with Crippen molar-refractivity contribution in [1.82, 2.24) is 20.2 Å². The Balaban J connectivity index is 2.14. The molecule has 5 nitrogen and oxygen atoms in total. The summed E-state index contributed by atoms with van der Waals surface area (Å²) >= 11 is 0. The third kappa shape index (κ3) is 2.38. The highest BCUT2D eigenvalue weighted by Crippen LogP contribution is 2.05. The summed E-state index contributed by atoms with van der Waals surface area (Å²) in [5.41, 5.74) is 6.67. The van der Waals surface area contributed by atoms with Crippen molar-refractivity contribution in [1.29, 1.82) is 0 Å². The van der Waals surface area contributed by atoms with E-state index in [-0.39, 0.29) is 0 Å². The minimum atomic E-state index is 0.548. The monoisotopic (exact) mass is 203 g/mol. The van der Waals surface area contributed by atoms with Gasteiger partial charge in [-0.15, -0.1) is 5.10 Å². The van der Waals surface area contributed by atoms with Gasteiger partial charge in [-0.25, -0.2) is 4.68 Å². The van der Waals surface area contributed by atoms with E-state index in [1.807, 2.05) is 18.2 Å². The third-order valence-electron chi connectivity index (χ3n) is 2.15. The molecule has 1 heterocycles. The first kappa shape index (κ1) is 9.79. The van der Waals surface area contributed by atoms with Crippen LogP contribution in [0.3, 0.4) is 0 Å². The van der Waals surface area contributed by atoms with Crippen molar-refractivity contribution >= 4 is 0 Å². The molecule has 0 atom stereocenters. The van der Waals surface area contributed by atoms with E-state index in [0.717, 1.165) is 12.2 Å². The molecule has 0 saturated heterocycles.